The molecule has 2 rings (SSSR count). The van der Waals surface area contributed by atoms with Crippen LogP contribution in [0, 0.1) is 5.92 Å². The highest BCUT2D eigenvalue weighted by Gasteiger charge is 2.31. The van der Waals surface area contributed by atoms with Crippen LogP contribution in [0.5, 0.6) is 0 Å². The summed E-state index contributed by atoms with van der Waals surface area (Å²) in [5.74, 6) is -0.345. The minimum atomic E-state index is -0.512. The summed E-state index contributed by atoms with van der Waals surface area (Å²) in [6.07, 6.45) is 0.592. The molecule has 0 bridgehead atoms. The second kappa shape index (κ2) is 4.66. The SMILES string of the molecule is O=C1NCCC1C(=O)c1ccc(CCl)cc1. The fourth-order valence-corrected chi connectivity index (χ4v) is 1.98. The van der Waals surface area contributed by atoms with Crippen molar-refractivity contribution < 1.29 is 9.59 Å². The first kappa shape index (κ1) is 11.1. The topological polar surface area (TPSA) is 46.2 Å². The van der Waals surface area contributed by atoms with Gasteiger partial charge in [0.15, 0.2) is 5.78 Å². The Morgan fingerprint density at radius 3 is 2.56 bits per heavy atom. The molecule has 0 spiro atoms. The van der Waals surface area contributed by atoms with Crippen molar-refractivity contribution in [2.75, 3.05) is 6.54 Å². The molecule has 1 aromatic carbocycles. The predicted octanol–water partition coefficient (Wildman–Crippen LogP) is 1.74. The van der Waals surface area contributed by atoms with Gasteiger partial charge in [-0.25, -0.2) is 0 Å². The number of amides is 1. The zero-order chi connectivity index (χ0) is 11.5. The zero-order valence-corrected chi connectivity index (χ0v) is 9.46. The van der Waals surface area contributed by atoms with Crippen molar-refractivity contribution in [3.63, 3.8) is 0 Å². The average molecular weight is 238 g/mol. The van der Waals surface area contributed by atoms with Crippen LogP contribution in [-0.4, -0.2) is 18.2 Å². The summed E-state index contributed by atoms with van der Waals surface area (Å²) < 4.78 is 0. The van der Waals surface area contributed by atoms with Gasteiger partial charge in [-0.15, -0.1) is 11.6 Å². The highest BCUT2D eigenvalue weighted by atomic mass is 35.5. The van der Waals surface area contributed by atoms with Crippen molar-refractivity contribution in [3.8, 4) is 0 Å². The summed E-state index contributed by atoms with van der Waals surface area (Å²) in [5, 5.41) is 2.66. The Balaban J connectivity index is 2.17. The van der Waals surface area contributed by atoms with Crippen LogP contribution in [-0.2, 0) is 10.7 Å². The average Bonchev–Trinajstić information content (AvgIpc) is 2.75. The zero-order valence-electron chi connectivity index (χ0n) is 8.70. The molecular formula is C12H12ClNO2. The van der Waals surface area contributed by atoms with E-state index in [0.717, 1.165) is 5.56 Å². The van der Waals surface area contributed by atoms with Crippen LogP contribution >= 0.6 is 11.6 Å². The molecule has 1 saturated heterocycles. The van der Waals surface area contributed by atoms with Gasteiger partial charge < -0.3 is 5.32 Å². The first-order valence-electron chi connectivity index (χ1n) is 5.19. The quantitative estimate of drug-likeness (QED) is 0.495. The number of hydrogen-bond donors (Lipinski definition) is 1. The van der Waals surface area contributed by atoms with Gasteiger partial charge in [0.25, 0.3) is 0 Å². The smallest absolute Gasteiger partial charge is 0.231 e. The molecular weight excluding hydrogens is 226 g/mol. The molecule has 3 nitrogen and oxygen atoms in total. The molecule has 1 atom stereocenters. The number of hydrogen-bond acceptors (Lipinski definition) is 2. The Labute approximate surface area is 98.8 Å². The summed E-state index contributed by atoms with van der Waals surface area (Å²) in [5.41, 5.74) is 1.55. The number of carbonyl (C=O) groups is 2. The number of carbonyl (C=O) groups excluding carboxylic acids is 2. The fourth-order valence-electron chi connectivity index (χ4n) is 1.80. The van der Waals surface area contributed by atoms with Crippen molar-refractivity contribution in [1.29, 1.82) is 0 Å². The van der Waals surface area contributed by atoms with E-state index in [2.05, 4.69) is 5.32 Å². The van der Waals surface area contributed by atoms with Crippen LogP contribution in [0.25, 0.3) is 0 Å². The molecule has 1 aliphatic rings. The number of ketones is 1. The fraction of sp³-hybridized carbons (Fsp3) is 0.333. The Hall–Kier alpha value is -1.35. The number of halogens is 1. The summed E-state index contributed by atoms with van der Waals surface area (Å²) in [4.78, 5) is 23.3. The van der Waals surface area contributed by atoms with Crippen LogP contribution < -0.4 is 5.32 Å². The van der Waals surface area contributed by atoms with E-state index in [1.165, 1.54) is 0 Å². The molecule has 16 heavy (non-hydrogen) atoms. The molecule has 1 heterocycles. The molecule has 1 aromatic rings. The standard InChI is InChI=1S/C12H12ClNO2/c13-7-8-1-3-9(4-2-8)11(15)10-5-6-14-12(10)16/h1-4,10H,5-7H2,(H,14,16). The summed E-state index contributed by atoms with van der Waals surface area (Å²) in [6.45, 7) is 0.592. The molecule has 1 unspecified atom stereocenters. The van der Waals surface area contributed by atoms with Gasteiger partial charge in [-0.1, -0.05) is 24.3 Å². The maximum atomic E-state index is 12.0. The normalized spacial score (nSPS) is 19.6. The van der Waals surface area contributed by atoms with Crippen molar-refractivity contribution >= 4 is 23.3 Å². The Morgan fingerprint density at radius 2 is 2.06 bits per heavy atom. The van der Waals surface area contributed by atoms with Crippen LogP contribution in [0.1, 0.15) is 22.3 Å². The molecule has 0 aliphatic carbocycles. The lowest BCUT2D eigenvalue weighted by molar-refractivity contribution is -0.121. The van der Waals surface area contributed by atoms with Crippen LogP contribution in [0.2, 0.25) is 0 Å². The van der Waals surface area contributed by atoms with Gasteiger partial charge in [0, 0.05) is 18.0 Å². The number of rotatable bonds is 3. The van der Waals surface area contributed by atoms with Crippen molar-refractivity contribution in [2.45, 2.75) is 12.3 Å². The van der Waals surface area contributed by atoms with Gasteiger partial charge in [0.2, 0.25) is 5.91 Å². The van der Waals surface area contributed by atoms with Crippen molar-refractivity contribution in [1.82, 2.24) is 5.32 Å². The molecule has 84 valence electrons. The maximum absolute atomic E-state index is 12.0. The third-order valence-corrected chi connectivity index (χ3v) is 3.07. The third kappa shape index (κ3) is 2.09. The number of alkyl halides is 1. The summed E-state index contributed by atoms with van der Waals surface area (Å²) in [7, 11) is 0. The Morgan fingerprint density at radius 1 is 1.38 bits per heavy atom. The van der Waals surface area contributed by atoms with Gasteiger partial charge in [0.05, 0.1) is 0 Å². The molecule has 0 radical (unpaired) electrons. The number of benzene rings is 1. The predicted molar refractivity (Wildman–Crippen MR) is 61.4 cm³/mol. The van der Waals surface area contributed by atoms with E-state index in [1.54, 1.807) is 12.1 Å². The maximum Gasteiger partial charge on any atom is 0.231 e. The molecule has 1 N–H and O–H groups in total. The van der Waals surface area contributed by atoms with E-state index >= 15 is 0 Å². The van der Waals surface area contributed by atoms with E-state index in [0.29, 0.717) is 24.4 Å². The lowest BCUT2D eigenvalue weighted by Crippen LogP contribution is -2.25. The largest absolute Gasteiger partial charge is 0.355 e. The monoisotopic (exact) mass is 237 g/mol. The van der Waals surface area contributed by atoms with Gasteiger partial charge in [-0.3, -0.25) is 9.59 Å². The van der Waals surface area contributed by atoms with Gasteiger partial charge >= 0.3 is 0 Å². The number of Topliss-reactive ketones (excluding diaryl/α,β-unsaturated/α-hetero) is 1. The van der Waals surface area contributed by atoms with E-state index in [9.17, 15) is 9.59 Å². The van der Waals surface area contributed by atoms with E-state index in [-0.39, 0.29) is 11.7 Å². The second-order valence-corrected chi connectivity index (χ2v) is 4.09. The highest BCUT2D eigenvalue weighted by Crippen LogP contribution is 2.17. The molecule has 0 saturated carbocycles. The Bertz CT molecular complexity index is 414. The highest BCUT2D eigenvalue weighted by molar-refractivity contribution is 6.17. The lowest BCUT2D eigenvalue weighted by Gasteiger charge is -2.06. The van der Waals surface area contributed by atoms with Crippen LogP contribution in [0.3, 0.4) is 0 Å². The molecule has 1 amide bonds. The van der Waals surface area contributed by atoms with Crippen LogP contribution in [0.4, 0.5) is 0 Å². The first-order chi connectivity index (χ1) is 7.72. The third-order valence-electron chi connectivity index (χ3n) is 2.76. The van der Waals surface area contributed by atoms with Gasteiger partial charge in [-0.05, 0) is 12.0 Å². The first-order valence-corrected chi connectivity index (χ1v) is 5.72. The van der Waals surface area contributed by atoms with Crippen LogP contribution in [0.15, 0.2) is 24.3 Å². The van der Waals surface area contributed by atoms with Crippen molar-refractivity contribution in [3.05, 3.63) is 35.4 Å². The summed E-state index contributed by atoms with van der Waals surface area (Å²) >= 11 is 5.66. The second-order valence-electron chi connectivity index (χ2n) is 3.83. The van der Waals surface area contributed by atoms with E-state index < -0.39 is 5.92 Å². The summed E-state index contributed by atoms with van der Waals surface area (Å²) in [6, 6.07) is 7.08. The molecule has 1 aliphatic heterocycles. The number of nitrogens with one attached hydrogen (secondary N) is 1. The van der Waals surface area contributed by atoms with Gasteiger partial charge in [-0.2, -0.15) is 0 Å². The van der Waals surface area contributed by atoms with Gasteiger partial charge in [0.1, 0.15) is 5.92 Å². The molecule has 0 aromatic heterocycles. The van der Waals surface area contributed by atoms with E-state index in [4.69, 9.17) is 11.6 Å². The molecule has 1 fully saturated rings. The molecule has 4 heteroatoms. The van der Waals surface area contributed by atoms with E-state index in [1.807, 2.05) is 12.1 Å². The Kier molecular flexibility index (Phi) is 3.25. The minimum absolute atomic E-state index is 0.101. The van der Waals surface area contributed by atoms with Crippen molar-refractivity contribution in [2.24, 2.45) is 5.92 Å². The lowest BCUT2D eigenvalue weighted by atomic mass is 9.96. The minimum Gasteiger partial charge on any atom is -0.355 e.